The van der Waals surface area contributed by atoms with E-state index in [1.54, 1.807) is 13.0 Å². The van der Waals surface area contributed by atoms with Crippen molar-refractivity contribution < 1.29 is 9.53 Å². The molecule has 0 unspecified atom stereocenters. The molecule has 0 fully saturated rings. The molecule has 0 saturated carbocycles. The van der Waals surface area contributed by atoms with E-state index in [2.05, 4.69) is 15.3 Å². The van der Waals surface area contributed by atoms with Crippen LogP contribution in [0.2, 0.25) is 0 Å². The average molecular weight is 256 g/mol. The number of nitrogens with one attached hydrogen (secondary N) is 2. The van der Waals surface area contributed by atoms with E-state index >= 15 is 0 Å². The van der Waals surface area contributed by atoms with Crippen molar-refractivity contribution in [2.24, 2.45) is 0 Å². The molecular formula is C13H12N4O2. The molecule has 6 heteroatoms. The number of hydrogen-bond acceptors (Lipinski definition) is 5. The molecule has 19 heavy (non-hydrogen) atoms. The minimum atomic E-state index is -0.659. The minimum Gasteiger partial charge on any atom is -0.462 e. The molecule has 0 atom stereocenters. The van der Waals surface area contributed by atoms with Crippen molar-refractivity contribution in [2.75, 3.05) is 11.9 Å². The normalized spacial score (nSPS) is 11.1. The minimum absolute atomic E-state index is 0.109. The van der Waals surface area contributed by atoms with E-state index in [1.165, 1.54) is 6.20 Å². The lowest BCUT2D eigenvalue weighted by Gasteiger charge is -1.99. The van der Waals surface area contributed by atoms with Crippen molar-refractivity contribution >= 4 is 23.0 Å². The Morgan fingerprint density at radius 1 is 1.58 bits per heavy atom. The maximum absolute atomic E-state index is 11.4. The summed E-state index contributed by atoms with van der Waals surface area (Å²) in [4.78, 5) is 18.7. The Morgan fingerprint density at radius 2 is 2.37 bits per heavy atom. The molecule has 0 amide bonds. The van der Waals surface area contributed by atoms with Gasteiger partial charge in [0.25, 0.3) is 0 Å². The third-order valence-corrected chi connectivity index (χ3v) is 2.36. The fourth-order valence-corrected chi connectivity index (χ4v) is 1.51. The van der Waals surface area contributed by atoms with Crippen molar-refractivity contribution in [1.29, 1.82) is 5.26 Å². The van der Waals surface area contributed by atoms with E-state index in [0.717, 1.165) is 11.0 Å². The number of carbonyl (C=O) groups excluding carboxylic acids is 1. The van der Waals surface area contributed by atoms with Crippen LogP contribution in [0, 0.1) is 11.3 Å². The Kier molecular flexibility index (Phi) is 3.78. The van der Waals surface area contributed by atoms with Crippen LogP contribution >= 0.6 is 0 Å². The molecule has 2 aromatic rings. The standard InChI is InChI=1S/C13H12N4O2/c1-2-19-12(18)9(7-14)8-15-13-16-10-5-3-4-6-11(10)17-13/h3-6,8H,2H2,1H3,(H2,15,16,17)/b9-8+. The third kappa shape index (κ3) is 2.90. The van der Waals surface area contributed by atoms with Gasteiger partial charge in [-0.05, 0) is 19.1 Å². The summed E-state index contributed by atoms with van der Waals surface area (Å²) in [6, 6.07) is 9.28. The van der Waals surface area contributed by atoms with Crippen LogP contribution in [0.1, 0.15) is 6.92 Å². The number of para-hydroxylation sites is 2. The summed E-state index contributed by atoms with van der Waals surface area (Å²) in [5, 5.41) is 11.6. The zero-order valence-corrected chi connectivity index (χ0v) is 10.3. The second-order valence-corrected chi connectivity index (χ2v) is 3.64. The predicted octanol–water partition coefficient (Wildman–Crippen LogP) is 1.95. The summed E-state index contributed by atoms with van der Waals surface area (Å²) in [6.45, 7) is 1.90. The zero-order valence-electron chi connectivity index (χ0n) is 10.3. The van der Waals surface area contributed by atoms with E-state index < -0.39 is 5.97 Å². The van der Waals surface area contributed by atoms with Crippen molar-refractivity contribution in [3.05, 3.63) is 36.0 Å². The van der Waals surface area contributed by atoms with Gasteiger partial charge < -0.3 is 15.0 Å². The Balaban J connectivity index is 2.16. The Hall–Kier alpha value is -2.81. The van der Waals surface area contributed by atoms with Crippen molar-refractivity contribution in [2.45, 2.75) is 6.92 Å². The smallest absolute Gasteiger partial charge is 0.350 e. The van der Waals surface area contributed by atoms with Crippen LogP contribution < -0.4 is 5.32 Å². The Morgan fingerprint density at radius 3 is 3.05 bits per heavy atom. The van der Waals surface area contributed by atoms with Gasteiger partial charge in [-0.25, -0.2) is 9.78 Å². The number of ether oxygens (including phenoxy) is 1. The predicted molar refractivity (Wildman–Crippen MR) is 70.0 cm³/mol. The van der Waals surface area contributed by atoms with Gasteiger partial charge in [-0.15, -0.1) is 0 Å². The summed E-state index contributed by atoms with van der Waals surface area (Å²) < 4.78 is 4.74. The second-order valence-electron chi connectivity index (χ2n) is 3.64. The maximum Gasteiger partial charge on any atom is 0.350 e. The first-order valence-electron chi connectivity index (χ1n) is 5.73. The van der Waals surface area contributed by atoms with Gasteiger partial charge in [-0.3, -0.25) is 0 Å². The third-order valence-electron chi connectivity index (χ3n) is 2.36. The molecule has 2 rings (SSSR count). The lowest BCUT2D eigenvalue weighted by atomic mass is 10.3. The fourth-order valence-electron chi connectivity index (χ4n) is 1.51. The van der Waals surface area contributed by atoms with Gasteiger partial charge in [0, 0.05) is 6.20 Å². The molecule has 0 aliphatic heterocycles. The molecule has 1 aromatic carbocycles. The van der Waals surface area contributed by atoms with E-state index in [-0.39, 0.29) is 12.2 Å². The van der Waals surface area contributed by atoms with Crippen LogP contribution in [0.25, 0.3) is 11.0 Å². The van der Waals surface area contributed by atoms with Crippen LogP contribution in [0.4, 0.5) is 5.95 Å². The van der Waals surface area contributed by atoms with Crippen LogP contribution in [0.5, 0.6) is 0 Å². The van der Waals surface area contributed by atoms with Crippen molar-refractivity contribution in [3.8, 4) is 6.07 Å². The number of aromatic amines is 1. The van der Waals surface area contributed by atoms with Gasteiger partial charge in [0.1, 0.15) is 6.07 Å². The second kappa shape index (κ2) is 5.69. The van der Waals surface area contributed by atoms with Gasteiger partial charge >= 0.3 is 5.97 Å². The number of aromatic nitrogens is 2. The first-order chi connectivity index (χ1) is 9.24. The lowest BCUT2D eigenvalue weighted by Crippen LogP contribution is -2.08. The number of rotatable bonds is 4. The van der Waals surface area contributed by atoms with E-state index in [1.807, 2.05) is 24.3 Å². The van der Waals surface area contributed by atoms with E-state index in [0.29, 0.717) is 5.95 Å². The lowest BCUT2D eigenvalue weighted by molar-refractivity contribution is -0.138. The van der Waals surface area contributed by atoms with Gasteiger partial charge in [-0.1, -0.05) is 12.1 Å². The number of esters is 1. The highest BCUT2D eigenvalue weighted by atomic mass is 16.5. The highest BCUT2D eigenvalue weighted by Gasteiger charge is 2.09. The van der Waals surface area contributed by atoms with Crippen LogP contribution in [0.15, 0.2) is 36.0 Å². The number of hydrogen-bond donors (Lipinski definition) is 2. The summed E-state index contributed by atoms with van der Waals surface area (Å²) in [6.07, 6.45) is 1.27. The molecule has 6 nitrogen and oxygen atoms in total. The molecule has 96 valence electrons. The van der Waals surface area contributed by atoms with Crippen LogP contribution in [-0.4, -0.2) is 22.5 Å². The highest BCUT2D eigenvalue weighted by molar-refractivity contribution is 5.93. The first-order valence-corrected chi connectivity index (χ1v) is 5.73. The maximum atomic E-state index is 11.4. The van der Waals surface area contributed by atoms with E-state index in [4.69, 9.17) is 10.00 Å². The molecule has 2 N–H and O–H groups in total. The largest absolute Gasteiger partial charge is 0.462 e. The molecule has 0 spiro atoms. The number of H-pyrrole nitrogens is 1. The summed E-state index contributed by atoms with van der Waals surface area (Å²) >= 11 is 0. The topological polar surface area (TPSA) is 90.8 Å². The molecule has 0 radical (unpaired) electrons. The molecule has 0 aliphatic rings. The zero-order chi connectivity index (χ0) is 13.7. The molecule has 1 aromatic heterocycles. The molecule has 0 saturated heterocycles. The van der Waals surface area contributed by atoms with Crippen molar-refractivity contribution in [3.63, 3.8) is 0 Å². The molecule has 0 aliphatic carbocycles. The van der Waals surface area contributed by atoms with Gasteiger partial charge in [0.2, 0.25) is 5.95 Å². The molecule has 0 bridgehead atoms. The van der Waals surface area contributed by atoms with Gasteiger partial charge in [0.15, 0.2) is 5.57 Å². The summed E-state index contributed by atoms with van der Waals surface area (Å²) in [5.74, 6) is -0.202. The number of anilines is 1. The number of carbonyl (C=O) groups is 1. The summed E-state index contributed by atoms with van der Waals surface area (Å²) in [7, 11) is 0. The van der Waals surface area contributed by atoms with Crippen LogP contribution in [0.3, 0.4) is 0 Å². The van der Waals surface area contributed by atoms with Crippen molar-refractivity contribution in [1.82, 2.24) is 9.97 Å². The SMILES string of the molecule is CCOC(=O)/C(C#N)=C/Nc1nc2ccccc2[nH]1. The Bertz CT molecular complexity index is 634. The monoisotopic (exact) mass is 256 g/mol. The number of nitrogens with zero attached hydrogens (tertiary/aromatic N) is 2. The number of benzene rings is 1. The fraction of sp³-hybridized carbons (Fsp3) is 0.154. The number of imidazole rings is 1. The quantitative estimate of drug-likeness (QED) is 0.495. The summed E-state index contributed by atoms with van der Waals surface area (Å²) in [5.41, 5.74) is 1.56. The Labute approximate surface area is 109 Å². The van der Waals surface area contributed by atoms with Gasteiger partial charge in [0.05, 0.1) is 17.6 Å². The number of fused-ring (bicyclic) bond motifs is 1. The molecule has 1 heterocycles. The van der Waals surface area contributed by atoms with E-state index in [9.17, 15) is 4.79 Å². The average Bonchev–Trinajstić information content (AvgIpc) is 2.82. The first kappa shape index (κ1) is 12.6. The highest BCUT2D eigenvalue weighted by Crippen LogP contribution is 2.13. The molecular weight excluding hydrogens is 244 g/mol. The van der Waals surface area contributed by atoms with Gasteiger partial charge in [-0.2, -0.15) is 5.26 Å². The number of nitriles is 1. The van der Waals surface area contributed by atoms with Crippen LogP contribution in [-0.2, 0) is 9.53 Å².